The molecular formula is C20H21N3O6S. The van der Waals surface area contributed by atoms with E-state index < -0.39 is 22.1 Å². The number of ether oxygens (including phenoxy) is 1. The van der Waals surface area contributed by atoms with Gasteiger partial charge in [-0.2, -0.15) is 5.26 Å². The van der Waals surface area contributed by atoms with Crippen LogP contribution >= 0.6 is 0 Å². The second-order valence-corrected chi connectivity index (χ2v) is 8.51. The summed E-state index contributed by atoms with van der Waals surface area (Å²) in [5.74, 6) is -1.29. The Hall–Kier alpha value is -3.29. The van der Waals surface area contributed by atoms with E-state index in [0.29, 0.717) is 25.2 Å². The lowest BCUT2D eigenvalue weighted by Gasteiger charge is -2.33. The van der Waals surface area contributed by atoms with Crippen LogP contribution in [-0.2, 0) is 10.0 Å². The van der Waals surface area contributed by atoms with Gasteiger partial charge in [0.1, 0.15) is 10.6 Å². The summed E-state index contributed by atoms with van der Waals surface area (Å²) in [6.07, 6.45) is 0.862. The van der Waals surface area contributed by atoms with Crippen LogP contribution in [0, 0.1) is 11.3 Å². The fourth-order valence-electron chi connectivity index (χ4n) is 3.36. The maximum atomic E-state index is 13.1. The number of benzene rings is 2. The highest BCUT2D eigenvalue weighted by Crippen LogP contribution is 2.33. The fraction of sp³-hybridized carbons (Fsp3) is 0.300. The number of piperidine rings is 1. The van der Waals surface area contributed by atoms with Gasteiger partial charge in [0, 0.05) is 13.1 Å². The van der Waals surface area contributed by atoms with Crippen LogP contribution in [0.2, 0.25) is 0 Å². The van der Waals surface area contributed by atoms with Crippen molar-refractivity contribution in [2.24, 2.45) is 0 Å². The van der Waals surface area contributed by atoms with Crippen LogP contribution in [0.5, 0.6) is 5.75 Å². The number of nitrogens with zero attached hydrogens (tertiary/aromatic N) is 2. The first-order chi connectivity index (χ1) is 14.2. The SMILES string of the molecule is COc1ccc(C(=O)O)cc1S(=O)(=O)Nc1cc(C#N)ccc1N1CCC[C@@H](O)C1. The van der Waals surface area contributed by atoms with E-state index in [4.69, 9.17) is 4.74 Å². The third-order valence-corrected chi connectivity index (χ3v) is 6.19. The number of carboxylic acids is 1. The van der Waals surface area contributed by atoms with Gasteiger partial charge in [0.25, 0.3) is 10.0 Å². The van der Waals surface area contributed by atoms with Crippen molar-refractivity contribution in [2.75, 3.05) is 29.8 Å². The molecule has 1 atom stereocenters. The maximum absolute atomic E-state index is 13.1. The zero-order chi connectivity index (χ0) is 21.9. The maximum Gasteiger partial charge on any atom is 0.335 e. The highest BCUT2D eigenvalue weighted by atomic mass is 32.2. The smallest absolute Gasteiger partial charge is 0.335 e. The van der Waals surface area contributed by atoms with E-state index in [1.54, 1.807) is 12.1 Å². The molecule has 0 saturated carbocycles. The van der Waals surface area contributed by atoms with E-state index in [0.717, 1.165) is 12.5 Å². The minimum Gasteiger partial charge on any atom is -0.495 e. The molecule has 158 valence electrons. The molecule has 1 heterocycles. The second kappa shape index (κ2) is 8.61. The molecule has 3 N–H and O–H groups in total. The summed E-state index contributed by atoms with van der Waals surface area (Å²) in [6.45, 7) is 0.952. The minimum absolute atomic E-state index is 0.0149. The zero-order valence-electron chi connectivity index (χ0n) is 16.2. The van der Waals surface area contributed by atoms with Crippen LogP contribution < -0.4 is 14.4 Å². The lowest BCUT2D eigenvalue weighted by atomic mass is 10.1. The molecule has 0 bridgehead atoms. The van der Waals surface area contributed by atoms with E-state index in [1.807, 2.05) is 11.0 Å². The van der Waals surface area contributed by atoms with Crippen LogP contribution in [-0.4, -0.2) is 50.9 Å². The number of methoxy groups -OCH3 is 1. The van der Waals surface area contributed by atoms with Crippen molar-refractivity contribution in [1.82, 2.24) is 0 Å². The van der Waals surface area contributed by atoms with E-state index in [9.17, 15) is 28.7 Å². The fourth-order valence-corrected chi connectivity index (χ4v) is 4.62. The lowest BCUT2D eigenvalue weighted by Crippen LogP contribution is -2.38. The lowest BCUT2D eigenvalue weighted by molar-refractivity contribution is 0.0696. The predicted octanol–water partition coefficient (Wildman–Crippen LogP) is 2.03. The Bertz CT molecular complexity index is 1110. The number of β-amino-alcohol motifs (C(OH)–C–C–N with tert-alkyl or cyclic N) is 1. The molecule has 1 fully saturated rings. The number of hydrogen-bond donors (Lipinski definition) is 3. The molecule has 1 aliphatic heterocycles. The highest BCUT2D eigenvalue weighted by molar-refractivity contribution is 7.92. The average Bonchev–Trinajstić information content (AvgIpc) is 2.72. The number of aliphatic hydroxyl groups is 1. The Labute approximate surface area is 174 Å². The Morgan fingerprint density at radius 3 is 2.70 bits per heavy atom. The van der Waals surface area contributed by atoms with Crippen molar-refractivity contribution in [1.29, 1.82) is 5.26 Å². The van der Waals surface area contributed by atoms with Gasteiger partial charge in [-0.15, -0.1) is 0 Å². The van der Waals surface area contributed by atoms with Crippen molar-refractivity contribution < 1.29 is 28.2 Å². The highest BCUT2D eigenvalue weighted by Gasteiger charge is 2.26. The summed E-state index contributed by atoms with van der Waals surface area (Å²) in [6, 6.07) is 10.1. The quantitative estimate of drug-likeness (QED) is 0.631. The molecule has 0 aliphatic carbocycles. The molecule has 3 rings (SSSR count). The van der Waals surface area contributed by atoms with Crippen LogP contribution in [0.4, 0.5) is 11.4 Å². The summed E-state index contributed by atoms with van der Waals surface area (Å²) in [5, 5.41) is 28.4. The van der Waals surface area contributed by atoms with Crippen molar-refractivity contribution in [3.63, 3.8) is 0 Å². The van der Waals surface area contributed by atoms with E-state index in [2.05, 4.69) is 4.72 Å². The van der Waals surface area contributed by atoms with Crippen molar-refractivity contribution >= 4 is 27.4 Å². The molecule has 0 radical (unpaired) electrons. The van der Waals surface area contributed by atoms with E-state index >= 15 is 0 Å². The predicted molar refractivity (Wildman–Crippen MR) is 109 cm³/mol. The van der Waals surface area contributed by atoms with Crippen molar-refractivity contribution in [2.45, 2.75) is 23.8 Å². The third kappa shape index (κ3) is 4.48. The number of nitrogens with one attached hydrogen (secondary N) is 1. The molecule has 10 heteroatoms. The number of sulfonamides is 1. The first-order valence-corrected chi connectivity index (χ1v) is 10.6. The van der Waals surface area contributed by atoms with Crippen LogP contribution in [0.15, 0.2) is 41.3 Å². The number of aromatic carboxylic acids is 1. The number of carboxylic acid groups (broad SMARTS) is 1. The van der Waals surface area contributed by atoms with Crippen LogP contribution in [0.3, 0.4) is 0 Å². The summed E-state index contributed by atoms with van der Waals surface area (Å²) in [7, 11) is -2.97. The number of nitriles is 1. The third-order valence-electron chi connectivity index (χ3n) is 4.81. The van der Waals surface area contributed by atoms with Gasteiger partial charge in [-0.1, -0.05) is 0 Å². The standard InChI is InChI=1S/C20H21N3O6S/c1-29-18-7-5-14(20(25)26)10-19(18)30(27,28)22-16-9-13(11-21)4-6-17(16)23-8-2-3-15(24)12-23/h4-7,9-10,15,22,24H,2-3,8,12H2,1H3,(H,25,26)/t15-/m1/s1. The Morgan fingerprint density at radius 2 is 2.07 bits per heavy atom. The summed E-state index contributed by atoms with van der Waals surface area (Å²) in [4.78, 5) is 12.8. The van der Waals surface area contributed by atoms with Crippen molar-refractivity contribution in [3.8, 4) is 11.8 Å². The van der Waals surface area contributed by atoms with Gasteiger partial charge in [-0.25, -0.2) is 13.2 Å². The zero-order valence-corrected chi connectivity index (χ0v) is 17.0. The largest absolute Gasteiger partial charge is 0.495 e. The molecule has 2 aromatic carbocycles. The van der Waals surface area contributed by atoms with E-state index in [-0.39, 0.29) is 27.5 Å². The van der Waals surface area contributed by atoms with Gasteiger partial charge in [-0.05, 0) is 49.2 Å². The van der Waals surface area contributed by atoms with Crippen LogP contribution in [0.25, 0.3) is 0 Å². The Balaban J connectivity index is 2.05. The monoisotopic (exact) mass is 431 g/mol. The molecule has 0 unspecified atom stereocenters. The molecule has 0 aromatic heterocycles. The van der Waals surface area contributed by atoms with Gasteiger partial charge >= 0.3 is 5.97 Å². The summed E-state index contributed by atoms with van der Waals surface area (Å²) in [5.41, 5.74) is 0.720. The summed E-state index contributed by atoms with van der Waals surface area (Å²) < 4.78 is 33.8. The molecule has 2 aromatic rings. The van der Waals surface area contributed by atoms with Gasteiger partial charge in [0.15, 0.2) is 0 Å². The molecule has 30 heavy (non-hydrogen) atoms. The molecule has 9 nitrogen and oxygen atoms in total. The Morgan fingerprint density at radius 1 is 1.30 bits per heavy atom. The van der Waals surface area contributed by atoms with Gasteiger partial charge in [-0.3, -0.25) is 4.72 Å². The van der Waals surface area contributed by atoms with E-state index in [1.165, 1.54) is 25.3 Å². The van der Waals surface area contributed by atoms with Gasteiger partial charge in [0.2, 0.25) is 0 Å². The molecular weight excluding hydrogens is 410 g/mol. The molecule has 0 amide bonds. The second-order valence-electron chi connectivity index (χ2n) is 6.86. The first kappa shape index (κ1) is 21.4. The number of rotatable bonds is 6. The first-order valence-electron chi connectivity index (χ1n) is 9.16. The topological polar surface area (TPSA) is 140 Å². The number of aliphatic hydroxyl groups excluding tert-OH is 1. The molecule has 1 saturated heterocycles. The number of anilines is 2. The number of hydrogen-bond acceptors (Lipinski definition) is 7. The minimum atomic E-state index is -4.25. The molecule has 0 spiro atoms. The normalized spacial score (nSPS) is 16.6. The van der Waals surface area contributed by atoms with Gasteiger partial charge in [0.05, 0.1) is 41.8 Å². The van der Waals surface area contributed by atoms with Gasteiger partial charge < -0.3 is 19.8 Å². The molecule has 1 aliphatic rings. The Kier molecular flexibility index (Phi) is 6.14. The van der Waals surface area contributed by atoms with Crippen molar-refractivity contribution in [3.05, 3.63) is 47.5 Å². The average molecular weight is 431 g/mol. The summed E-state index contributed by atoms with van der Waals surface area (Å²) >= 11 is 0. The number of carbonyl (C=O) groups is 1. The van der Waals surface area contributed by atoms with Crippen LogP contribution in [0.1, 0.15) is 28.8 Å².